The molecule has 1 nitrogen and oxygen atoms in total. The Morgan fingerprint density at radius 1 is 1.25 bits per heavy atom. The minimum Gasteiger partial charge on any atom is -0.298 e. The lowest BCUT2D eigenvalue weighted by Crippen LogP contribution is -2.47. The second kappa shape index (κ2) is 4.27. The van der Waals surface area contributed by atoms with Gasteiger partial charge in [0.25, 0.3) is 0 Å². The number of nitrogens with zero attached hydrogens (tertiary/aromatic N) is 1. The van der Waals surface area contributed by atoms with Crippen molar-refractivity contribution in [3.05, 3.63) is 0 Å². The summed E-state index contributed by atoms with van der Waals surface area (Å²) >= 11 is 0. The van der Waals surface area contributed by atoms with E-state index in [2.05, 4.69) is 25.7 Å². The molecule has 1 heteroatoms. The third-order valence-corrected chi connectivity index (χ3v) is 3.10. The van der Waals surface area contributed by atoms with Crippen LogP contribution in [0.15, 0.2) is 0 Å². The first-order valence-corrected chi connectivity index (χ1v) is 5.42. The van der Waals surface area contributed by atoms with Crippen molar-refractivity contribution in [1.29, 1.82) is 0 Å². The highest BCUT2D eigenvalue weighted by molar-refractivity contribution is 4.84. The van der Waals surface area contributed by atoms with E-state index < -0.39 is 0 Å². The van der Waals surface area contributed by atoms with Crippen molar-refractivity contribution in [3.63, 3.8) is 0 Å². The molecule has 12 heavy (non-hydrogen) atoms. The Labute approximate surface area is 77.1 Å². The van der Waals surface area contributed by atoms with Gasteiger partial charge in [-0.25, -0.2) is 0 Å². The van der Waals surface area contributed by atoms with Crippen molar-refractivity contribution >= 4 is 0 Å². The minimum atomic E-state index is 0.480. The summed E-state index contributed by atoms with van der Waals surface area (Å²) in [6.07, 6.45) is 6.91. The second-order valence-corrected chi connectivity index (χ2v) is 4.61. The molecular formula is C11H23N. The second-order valence-electron chi connectivity index (χ2n) is 4.61. The fourth-order valence-electron chi connectivity index (χ4n) is 2.08. The number of hydrogen-bond donors (Lipinski definition) is 0. The average Bonchev–Trinajstić information content (AvgIpc) is 2.02. The minimum absolute atomic E-state index is 0.480. The van der Waals surface area contributed by atoms with Gasteiger partial charge in [0, 0.05) is 5.54 Å². The van der Waals surface area contributed by atoms with Gasteiger partial charge in [-0.15, -0.1) is 0 Å². The molecule has 0 atom stereocenters. The molecule has 1 heterocycles. The lowest BCUT2D eigenvalue weighted by atomic mass is 9.90. The molecule has 0 N–H and O–H groups in total. The maximum Gasteiger partial charge on any atom is 0.0153 e. The van der Waals surface area contributed by atoms with Crippen molar-refractivity contribution in [1.82, 2.24) is 4.90 Å². The Balaban J connectivity index is 2.37. The fraction of sp³-hybridized carbons (Fsp3) is 1.00. The Hall–Kier alpha value is -0.0400. The predicted molar refractivity (Wildman–Crippen MR) is 54.4 cm³/mol. The number of hydrogen-bond acceptors (Lipinski definition) is 1. The van der Waals surface area contributed by atoms with Gasteiger partial charge >= 0.3 is 0 Å². The summed E-state index contributed by atoms with van der Waals surface area (Å²) in [7, 11) is 0. The fourth-order valence-corrected chi connectivity index (χ4v) is 2.08. The molecule has 0 unspecified atom stereocenters. The number of rotatable bonds is 3. The zero-order valence-corrected chi connectivity index (χ0v) is 8.90. The molecule has 0 saturated carbocycles. The third kappa shape index (κ3) is 2.48. The van der Waals surface area contributed by atoms with Crippen LogP contribution in [0.5, 0.6) is 0 Å². The lowest BCUT2D eigenvalue weighted by Gasteiger charge is -2.42. The average molecular weight is 169 g/mol. The first-order valence-electron chi connectivity index (χ1n) is 5.42. The molecule has 1 fully saturated rings. The Morgan fingerprint density at radius 3 is 2.58 bits per heavy atom. The zero-order chi connectivity index (χ0) is 9.03. The highest BCUT2D eigenvalue weighted by Gasteiger charge is 2.28. The van der Waals surface area contributed by atoms with Crippen LogP contribution in [0.2, 0.25) is 0 Å². The standard InChI is InChI=1S/C11H23N/c1-4-5-9-12-10-7-6-8-11(12,2)3/h4-10H2,1-3H3. The van der Waals surface area contributed by atoms with E-state index in [0.717, 1.165) is 0 Å². The van der Waals surface area contributed by atoms with Gasteiger partial charge in [-0.3, -0.25) is 4.90 Å². The molecule has 0 bridgehead atoms. The molecule has 1 saturated heterocycles. The van der Waals surface area contributed by atoms with Crippen LogP contribution in [0, 0.1) is 0 Å². The molecule has 1 rings (SSSR count). The van der Waals surface area contributed by atoms with E-state index >= 15 is 0 Å². The topological polar surface area (TPSA) is 3.24 Å². The summed E-state index contributed by atoms with van der Waals surface area (Å²) in [6.45, 7) is 9.69. The molecular weight excluding hydrogens is 146 g/mol. The number of unbranched alkanes of at least 4 members (excludes halogenated alkanes) is 1. The number of likely N-dealkylation sites (tertiary alicyclic amines) is 1. The molecule has 0 aromatic heterocycles. The van der Waals surface area contributed by atoms with E-state index in [9.17, 15) is 0 Å². The van der Waals surface area contributed by atoms with Crippen LogP contribution >= 0.6 is 0 Å². The summed E-state index contributed by atoms with van der Waals surface area (Å²) in [5, 5.41) is 0. The van der Waals surface area contributed by atoms with Gasteiger partial charge in [0.05, 0.1) is 0 Å². The van der Waals surface area contributed by atoms with Gasteiger partial charge in [0.2, 0.25) is 0 Å². The molecule has 0 aliphatic carbocycles. The van der Waals surface area contributed by atoms with Crippen LogP contribution in [0.1, 0.15) is 52.9 Å². The van der Waals surface area contributed by atoms with Crippen LogP contribution in [0.25, 0.3) is 0 Å². The van der Waals surface area contributed by atoms with Crippen molar-refractivity contribution in [3.8, 4) is 0 Å². The Kier molecular flexibility index (Phi) is 3.57. The van der Waals surface area contributed by atoms with E-state index in [4.69, 9.17) is 0 Å². The maximum atomic E-state index is 2.67. The van der Waals surface area contributed by atoms with Gasteiger partial charge < -0.3 is 0 Å². The van der Waals surface area contributed by atoms with Gasteiger partial charge in [-0.1, -0.05) is 19.8 Å². The summed E-state index contributed by atoms with van der Waals surface area (Å²) in [4.78, 5) is 2.67. The van der Waals surface area contributed by atoms with Gasteiger partial charge in [-0.05, 0) is 46.2 Å². The Bertz CT molecular complexity index is 129. The van der Waals surface area contributed by atoms with E-state index in [1.165, 1.54) is 45.2 Å². The highest BCUT2D eigenvalue weighted by atomic mass is 15.2. The predicted octanol–water partition coefficient (Wildman–Crippen LogP) is 3.05. The molecule has 1 aliphatic heterocycles. The van der Waals surface area contributed by atoms with Crippen molar-refractivity contribution < 1.29 is 0 Å². The zero-order valence-electron chi connectivity index (χ0n) is 8.90. The van der Waals surface area contributed by atoms with E-state index in [1.54, 1.807) is 0 Å². The third-order valence-electron chi connectivity index (χ3n) is 3.10. The molecule has 0 aromatic carbocycles. The quantitative estimate of drug-likeness (QED) is 0.627. The summed E-state index contributed by atoms with van der Waals surface area (Å²) in [5.41, 5.74) is 0.480. The van der Waals surface area contributed by atoms with E-state index in [1.807, 2.05) is 0 Å². The van der Waals surface area contributed by atoms with Crippen LogP contribution in [0.3, 0.4) is 0 Å². The molecule has 0 aromatic rings. The monoisotopic (exact) mass is 169 g/mol. The first-order chi connectivity index (χ1) is 5.67. The largest absolute Gasteiger partial charge is 0.298 e. The smallest absolute Gasteiger partial charge is 0.0153 e. The van der Waals surface area contributed by atoms with Crippen LogP contribution < -0.4 is 0 Å². The summed E-state index contributed by atoms with van der Waals surface area (Å²) in [5.74, 6) is 0. The van der Waals surface area contributed by atoms with Crippen molar-refractivity contribution in [2.45, 2.75) is 58.4 Å². The molecule has 72 valence electrons. The summed E-state index contributed by atoms with van der Waals surface area (Å²) < 4.78 is 0. The normalized spacial score (nSPS) is 24.2. The molecule has 0 amide bonds. The SMILES string of the molecule is CCCCN1CCCCC1(C)C. The highest BCUT2D eigenvalue weighted by Crippen LogP contribution is 2.27. The lowest BCUT2D eigenvalue weighted by molar-refractivity contribution is 0.0757. The molecule has 0 spiro atoms. The van der Waals surface area contributed by atoms with Gasteiger partial charge in [-0.2, -0.15) is 0 Å². The van der Waals surface area contributed by atoms with Crippen LogP contribution in [-0.2, 0) is 0 Å². The first kappa shape index (κ1) is 10.0. The molecule has 1 aliphatic rings. The van der Waals surface area contributed by atoms with Crippen molar-refractivity contribution in [2.75, 3.05) is 13.1 Å². The van der Waals surface area contributed by atoms with Crippen LogP contribution in [-0.4, -0.2) is 23.5 Å². The summed E-state index contributed by atoms with van der Waals surface area (Å²) in [6, 6.07) is 0. The van der Waals surface area contributed by atoms with Gasteiger partial charge in [0.15, 0.2) is 0 Å². The van der Waals surface area contributed by atoms with Gasteiger partial charge in [0.1, 0.15) is 0 Å². The molecule has 0 radical (unpaired) electrons. The van der Waals surface area contributed by atoms with E-state index in [0.29, 0.717) is 5.54 Å². The van der Waals surface area contributed by atoms with E-state index in [-0.39, 0.29) is 0 Å². The van der Waals surface area contributed by atoms with Crippen LogP contribution in [0.4, 0.5) is 0 Å². The Morgan fingerprint density at radius 2 is 2.00 bits per heavy atom. The van der Waals surface area contributed by atoms with Crippen molar-refractivity contribution in [2.24, 2.45) is 0 Å². The maximum absolute atomic E-state index is 2.67. The number of piperidine rings is 1.